The van der Waals surface area contributed by atoms with E-state index in [4.69, 9.17) is 15.2 Å². The fourth-order valence-corrected chi connectivity index (χ4v) is 2.34. The minimum absolute atomic E-state index is 0.295. The van der Waals surface area contributed by atoms with E-state index in [2.05, 4.69) is 5.32 Å². The molecule has 1 amide bonds. The number of ether oxygens (including phenoxy) is 2. The summed E-state index contributed by atoms with van der Waals surface area (Å²) in [5.74, 6) is -0.896. The first-order valence-corrected chi connectivity index (χ1v) is 8.46. The average Bonchev–Trinajstić information content (AvgIpc) is 2.58. The molecule has 2 aromatic rings. The summed E-state index contributed by atoms with van der Waals surface area (Å²) >= 11 is 0. The topological polar surface area (TPSA) is 111 Å². The number of carbonyl (C=O) groups is 2. The number of carbonyl (C=O) groups excluding carboxylic acids is 1. The van der Waals surface area contributed by atoms with Gasteiger partial charge in [-0.3, -0.25) is 0 Å². The molecule has 0 fully saturated rings. The first kappa shape index (κ1) is 20.1. The Kier molecular flexibility index (Phi) is 6.28. The molecule has 0 aromatic heterocycles. The van der Waals surface area contributed by atoms with Gasteiger partial charge in [0.15, 0.2) is 6.04 Å². The lowest BCUT2D eigenvalue weighted by Gasteiger charge is -2.22. The monoisotopic (exact) mass is 372 g/mol. The van der Waals surface area contributed by atoms with Gasteiger partial charge in [-0.25, -0.2) is 9.59 Å². The van der Waals surface area contributed by atoms with Crippen LogP contribution in [0.15, 0.2) is 48.5 Å². The molecular formula is C20H24N2O5. The smallest absolute Gasteiger partial charge is 0.408 e. The Morgan fingerprint density at radius 1 is 1.11 bits per heavy atom. The molecule has 0 aliphatic heterocycles. The minimum atomic E-state index is -1.28. The van der Waals surface area contributed by atoms with Crippen molar-refractivity contribution in [3.05, 3.63) is 48.5 Å². The van der Waals surface area contributed by atoms with Gasteiger partial charge < -0.3 is 25.6 Å². The number of carboxylic acids is 1. The van der Waals surface area contributed by atoms with E-state index in [9.17, 15) is 14.7 Å². The van der Waals surface area contributed by atoms with E-state index in [1.165, 1.54) is 0 Å². The van der Waals surface area contributed by atoms with Crippen LogP contribution in [0.3, 0.4) is 0 Å². The Morgan fingerprint density at radius 2 is 1.78 bits per heavy atom. The number of alkyl carbamates (subject to hydrolysis) is 1. The lowest BCUT2D eigenvalue weighted by Crippen LogP contribution is -2.46. The first-order valence-electron chi connectivity index (χ1n) is 8.46. The fraction of sp³-hybridized carbons (Fsp3) is 0.300. The molecule has 0 bridgehead atoms. The van der Waals surface area contributed by atoms with Crippen molar-refractivity contribution in [3.63, 3.8) is 0 Å². The molecule has 7 nitrogen and oxygen atoms in total. The highest BCUT2D eigenvalue weighted by Gasteiger charge is 2.25. The molecule has 0 aliphatic rings. The molecule has 0 spiro atoms. The van der Waals surface area contributed by atoms with Gasteiger partial charge >= 0.3 is 12.1 Å². The summed E-state index contributed by atoms with van der Waals surface area (Å²) in [6, 6.07) is 13.5. The first-order chi connectivity index (χ1) is 12.7. The number of benzene rings is 2. The number of hydrogen-bond acceptors (Lipinski definition) is 5. The predicted molar refractivity (Wildman–Crippen MR) is 103 cm³/mol. The molecule has 0 radical (unpaired) electrons. The van der Waals surface area contributed by atoms with E-state index in [0.717, 1.165) is 11.1 Å². The van der Waals surface area contributed by atoms with Crippen LogP contribution < -0.4 is 15.8 Å². The zero-order valence-corrected chi connectivity index (χ0v) is 15.6. The molecule has 0 saturated heterocycles. The predicted octanol–water partition coefficient (Wildman–Crippen LogP) is 3.29. The number of aliphatic carboxylic acids is 1. The van der Waals surface area contributed by atoms with Crippen LogP contribution in [0.5, 0.6) is 5.75 Å². The highest BCUT2D eigenvalue weighted by molar-refractivity contribution is 5.81. The molecule has 27 heavy (non-hydrogen) atoms. The molecule has 0 unspecified atom stereocenters. The standard InChI is InChI=1S/C20H24N2O5/c1-20(2,3)27-19(25)22-15(18(23)24)12-26-16-11-7-10-14(17(16)21)13-8-5-4-6-9-13/h4-11,15H,12,21H2,1-3H3,(H,22,25)(H,23,24)/t15-/m0/s1. The molecule has 144 valence electrons. The molecule has 2 rings (SSSR count). The number of hydrogen-bond donors (Lipinski definition) is 3. The van der Waals surface area contributed by atoms with Crippen LogP contribution in [0.25, 0.3) is 11.1 Å². The van der Waals surface area contributed by atoms with E-state index in [0.29, 0.717) is 11.4 Å². The molecule has 1 atom stereocenters. The molecule has 2 aromatic carbocycles. The summed E-state index contributed by atoms with van der Waals surface area (Å²) in [7, 11) is 0. The van der Waals surface area contributed by atoms with Gasteiger partial charge in [0.25, 0.3) is 0 Å². The number of nitrogens with two attached hydrogens (primary N) is 1. The van der Waals surface area contributed by atoms with Gasteiger partial charge in [0.2, 0.25) is 0 Å². The summed E-state index contributed by atoms with van der Waals surface area (Å²) in [5.41, 5.74) is 7.53. The summed E-state index contributed by atoms with van der Waals surface area (Å²) in [4.78, 5) is 23.2. The third-order valence-corrected chi connectivity index (χ3v) is 3.55. The second-order valence-electron chi connectivity index (χ2n) is 6.93. The van der Waals surface area contributed by atoms with Gasteiger partial charge in [0.05, 0.1) is 5.69 Å². The van der Waals surface area contributed by atoms with Gasteiger partial charge in [0, 0.05) is 5.56 Å². The normalized spacial score (nSPS) is 12.1. The van der Waals surface area contributed by atoms with E-state index in [1.54, 1.807) is 32.9 Å². The van der Waals surface area contributed by atoms with Crippen LogP contribution >= 0.6 is 0 Å². The van der Waals surface area contributed by atoms with Crippen LogP contribution in [0.4, 0.5) is 10.5 Å². The van der Waals surface area contributed by atoms with Crippen LogP contribution in [-0.2, 0) is 9.53 Å². The Labute approximate surface area is 158 Å². The Morgan fingerprint density at radius 3 is 2.37 bits per heavy atom. The van der Waals surface area contributed by atoms with E-state index in [1.807, 2.05) is 36.4 Å². The van der Waals surface area contributed by atoms with Gasteiger partial charge in [-0.2, -0.15) is 0 Å². The SMILES string of the molecule is CC(C)(C)OC(=O)N[C@@H](COc1cccc(-c2ccccc2)c1N)C(=O)O. The number of nitrogens with one attached hydrogen (secondary N) is 1. The molecule has 0 saturated carbocycles. The fourth-order valence-electron chi connectivity index (χ4n) is 2.34. The van der Waals surface area contributed by atoms with Gasteiger partial charge in [-0.15, -0.1) is 0 Å². The van der Waals surface area contributed by atoms with Crippen molar-refractivity contribution >= 4 is 17.7 Å². The van der Waals surface area contributed by atoms with Crippen molar-refractivity contribution in [3.8, 4) is 16.9 Å². The number of rotatable bonds is 6. The van der Waals surface area contributed by atoms with Crippen molar-refractivity contribution in [2.24, 2.45) is 0 Å². The molecule has 0 heterocycles. The summed E-state index contributed by atoms with van der Waals surface area (Å²) in [6.45, 7) is 4.77. The number of para-hydroxylation sites is 1. The maximum atomic E-state index is 11.8. The van der Waals surface area contributed by atoms with Crippen molar-refractivity contribution in [2.75, 3.05) is 12.3 Å². The molecule has 4 N–H and O–H groups in total. The number of carboxylic acid groups (broad SMARTS) is 1. The molecular weight excluding hydrogens is 348 g/mol. The average molecular weight is 372 g/mol. The third-order valence-electron chi connectivity index (χ3n) is 3.55. The van der Waals surface area contributed by atoms with Crippen LogP contribution in [0.2, 0.25) is 0 Å². The van der Waals surface area contributed by atoms with E-state index in [-0.39, 0.29) is 6.61 Å². The summed E-state index contributed by atoms with van der Waals surface area (Å²) in [6.07, 6.45) is -0.829. The Balaban J connectivity index is 2.09. The van der Waals surface area contributed by atoms with Crippen molar-refractivity contribution in [2.45, 2.75) is 32.4 Å². The lowest BCUT2D eigenvalue weighted by atomic mass is 10.0. The van der Waals surface area contributed by atoms with Crippen LogP contribution in [0, 0.1) is 0 Å². The van der Waals surface area contributed by atoms with Crippen molar-refractivity contribution in [1.82, 2.24) is 5.32 Å². The zero-order chi connectivity index (χ0) is 20.0. The molecule has 7 heteroatoms. The maximum absolute atomic E-state index is 11.8. The maximum Gasteiger partial charge on any atom is 0.408 e. The summed E-state index contributed by atoms with van der Waals surface area (Å²) < 4.78 is 10.7. The van der Waals surface area contributed by atoms with Gasteiger partial charge in [-0.05, 0) is 32.4 Å². The van der Waals surface area contributed by atoms with Crippen molar-refractivity contribution < 1.29 is 24.2 Å². The molecule has 0 aliphatic carbocycles. The lowest BCUT2D eigenvalue weighted by molar-refractivity contribution is -0.140. The highest BCUT2D eigenvalue weighted by atomic mass is 16.6. The number of anilines is 1. The second kappa shape index (κ2) is 8.44. The quantitative estimate of drug-likeness (QED) is 0.671. The zero-order valence-electron chi connectivity index (χ0n) is 15.6. The van der Waals surface area contributed by atoms with Crippen LogP contribution in [0.1, 0.15) is 20.8 Å². The largest absolute Gasteiger partial charge is 0.489 e. The van der Waals surface area contributed by atoms with Gasteiger partial charge in [-0.1, -0.05) is 42.5 Å². The number of nitrogen functional groups attached to an aromatic ring is 1. The summed E-state index contributed by atoms with van der Waals surface area (Å²) in [5, 5.41) is 11.6. The second-order valence-corrected chi connectivity index (χ2v) is 6.93. The Bertz CT molecular complexity index is 800. The van der Waals surface area contributed by atoms with Crippen LogP contribution in [-0.4, -0.2) is 35.4 Å². The number of amides is 1. The highest BCUT2D eigenvalue weighted by Crippen LogP contribution is 2.33. The third kappa shape index (κ3) is 5.91. The van der Waals surface area contributed by atoms with E-state index >= 15 is 0 Å². The van der Waals surface area contributed by atoms with Crippen molar-refractivity contribution in [1.29, 1.82) is 0 Å². The Hall–Kier alpha value is -3.22. The van der Waals surface area contributed by atoms with E-state index < -0.39 is 23.7 Å². The van der Waals surface area contributed by atoms with Gasteiger partial charge in [0.1, 0.15) is 18.0 Å². The minimum Gasteiger partial charge on any atom is -0.489 e.